The molecule has 0 bridgehead atoms. The van der Waals surface area contributed by atoms with Crippen molar-refractivity contribution in [2.75, 3.05) is 24.5 Å². The number of rotatable bonds is 13. The Kier molecular flexibility index (Phi) is 11.2. The van der Waals surface area contributed by atoms with Crippen molar-refractivity contribution in [3.05, 3.63) is 88.4 Å². The Morgan fingerprint density at radius 3 is 2.17 bits per heavy atom. The highest BCUT2D eigenvalue weighted by atomic mass is 79.9. The van der Waals surface area contributed by atoms with E-state index >= 15 is 0 Å². The van der Waals surface area contributed by atoms with Crippen molar-refractivity contribution >= 4 is 43.5 Å². The minimum atomic E-state index is -4.12. The van der Waals surface area contributed by atoms with Gasteiger partial charge in [0.15, 0.2) is 0 Å². The third kappa shape index (κ3) is 8.08. The minimum Gasteiger partial charge on any atom is -0.497 e. The van der Waals surface area contributed by atoms with Gasteiger partial charge in [-0.15, -0.1) is 0 Å². The van der Waals surface area contributed by atoms with E-state index in [0.717, 1.165) is 32.7 Å². The monoisotopic (exact) mass is 629 g/mol. The summed E-state index contributed by atoms with van der Waals surface area (Å²) in [6.45, 7) is 5.69. The number of hydrogen-bond donors (Lipinski definition) is 1. The number of carbonyl (C=O) groups excluding carboxylic acids is 2. The highest BCUT2D eigenvalue weighted by molar-refractivity contribution is 9.10. The van der Waals surface area contributed by atoms with E-state index in [9.17, 15) is 18.0 Å². The summed E-state index contributed by atoms with van der Waals surface area (Å²) in [7, 11) is -2.60. The summed E-state index contributed by atoms with van der Waals surface area (Å²) in [5.74, 6) is -0.249. The molecule has 0 aliphatic rings. The molecule has 0 heterocycles. The van der Waals surface area contributed by atoms with Crippen LogP contribution in [-0.2, 0) is 26.2 Å². The summed E-state index contributed by atoms with van der Waals surface area (Å²) in [6.07, 6.45) is 1.74. The Labute approximate surface area is 245 Å². The Bertz CT molecular complexity index is 1380. The number of halogens is 1. The number of anilines is 1. The zero-order chi connectivity index (χ0) is 29.3. The van der Waals surface area contributed by atoms with Gasteiger partial charge >= 0.3 is 0 Å². The van der Waals surface area contributed by atoms with E-state index < -0.39 is 28.5 Å². The van der Waals surface area contributed by atoms with Crippen LogP contribution < -0.4 is 14.4 Å². The van der Waals surface area contributed by atoms with Gasteiger partial charge in [-0.1, -0.05) is 59.1 Å². The van der Waals surface area contributed by atoms with Crippen molar-refractivity contribution in [1.29, 1.82) is 0 Å². The molecule has 2 amide bonds. The molecule has 3 rings (SSSR count). The fraction of sp³-hybridized carbons (Fsp3) is 0.333. The van der Waals surface area contributed by atoms with Crippen LogP contribution in [-0.4, -0.2) is 51.4 Å². The molecule has 1 atom stereocenters. The maximum atomic E-state index is 13.9. The summed E-state index contributed by atoms with van der Waals surface area (Å²) < 4.78 is 34.9. The predicted molar refractivity (Wildman–Crippen MR) is 161 cm³/mol. The summed E-state index contributed by atoms with van der Waals surface area (Å²) >= 11 is 3.42. The summed E-state index contributed by atoms with van der Waals surface area (Å²) in [6, 6.07) is 19.5. The lowest BCUT2D eigenvalue weighted by atomic mass is 10.1. The molecule has 0 saturated carbocycles. The van der Waals surface area contributed by atoms with Gasteiger partial charge in [-0.05, 0) is 74.4 Å². The number of aryl methyl sites for hydroxylation is 1. The molecule has 3 aromatic carbocycles. The van der Waals surface area contributed by atoms with Crippen molar-refractivity contribution in [1.82, 2.24) is 10.2 Å². The Balaban J connectivity index is 1.99. The van der Waals surface area contributed by atoms with E-state index in [-0.39, 0.29) is 17.3 Å². The number of ether oxygens (including phenoxy) is 1. The van der Waals surface area contributed by atoms with Crippen molar-refractivity contribution < 1.29 is 22.7 Å². The zero-order valence-electron chi connectivity index (χ0n) is 23.3. The fourth-order valence-electron chi connectivity index (χ4n) is 4.02. The van der Waals surface area contributed by atoms with Gasteiger partial charge in [0.05, 0.1) is 17.7 Å². The van der Waals surface area contributed by atoms with Crippen molar-refractivity contribution in [3.63, 3.8) is 0 Å². The topological polar surface area (TPSA) is 96.0 Å². The molecule has 0 spiro atoms. The Hall–Kier alpha value is -3.37. The number of methoxy groups -OCH3 is 1. The van der Waals surface area contributed by atoms with E-state index in [1.165, 1.54) is 24.1 Å². The first kappa shape index (κ1) is 31.2. The van der Waals surface area contributed by atoms with Crippen molar-refractivity contribution in [3.8, 4) is 5.75 Å². The highest BCUT2D eigenvalue weighted by Gasteiger charge is 2.32. The van der Waals surface area contributed by atoms with Crippen LogP contribution in [0.4, 0.5) is 5.69 Å². The van der Waals surface area contributed by atoms with Gasteiger partial charge in [-0.3, -0.25) is 13.9 Å². The molecule has 0 fully saturated rings. The number of hydrogen-bond acceptors (Lipinski definition) is 5. The van der Waals surface area contributed by atoms with E-state index in [0.29, 0.717) is 18.0 Å². The molecule has 214 valence electrons. The fourth-order valence-corrected chi connectivity index (χ4v) is 5.70. The molecule has 0 saturated heterocycles. The average Bonchev–Trinajstić information content (AvgIpc) is 2.95. The van der Waals surface area contributed by atoms with Crippen molar-refractivity contribution in [2.24, 2.45) is 0 Å². The van der Waals surface area contributed by atoms with E-state index in [1.807, 2.05) is 38.1 Å². The van der Waals surface area contributed by atoms with Crippen LogP contribution in [0, 0.1) is 6.92 Å². The number of sulfonamides is 1. The standard InChI is InChI=1S/C30H36BrN3O5S/c1-5-6-19-32-30(36)23(3)33(20-24-9-11-25(31)12-10-24)29(35)21-34(26-13-15-27(39-4)16-14-26)40(37,38)28-17-7-22(2)8-18-28/h7-18,23H,5-6,19-21H2,1-4H3,(H,32,36)/t23-/m1/s1. The molecule has 40 heavy (non-hydrogen) atoms. The average molecular weight is 631 g/mol. The van der Waals surface area contributed by atoms with Crippen LogP contribution in [0.1, 0.15) is 37.8 Å². The van der Waals surface area contributed by atoms with Gasteiger partial charge in [0.2, 0.25) is 11.8 Å². The second kappa shape index (κ2) is 14.3. The van der Waals surface area contributed by atoms with Gasteiger partial charge in [-0.25, -0.2) is 8.42 Å². The number of benzene rings is 3. The molecule has 0 aromatic heterocycles. The number of nitrogens with zero attached hydrogens (tertiary/aromatic N) is 2. The summed E-state index contributed by atoms with van der Waals surface area (Å²) in [5, 5.41) is 2.89. The number of carbonyl (C=O) groups is 2. The molecule has 3 aromatic rings. The lowest BCUT2D eigenvalue weighted by Gasteiger charge is -2.32. The lowest BCUT2D eigenvalue weighted by molar-refractivity contribution is -0.139. The van der Waals surface area contributed by atoms with Gasteiger partial charge in [0.25, 0.3) is 10.0 Å². The normalized spacial score (nSPS) is 11.9. The molecule has 1 N–H and O–H groups in total. The molecule has 0 unspecified atom stereocenters. The summed E-state index contributed by atoms with van der Waals surface area (Å²) in [4.78, 5) is 28.4. The number of unbranched alkanes of at least 4 members (excludes halogenated alkanes) is 1. The van der Waals surface area contributed by atoms with Crippen LogP contribution in [0.15, 0.2) is 82.2 Å². The van der Waals surface area contributed by atoms with Gasteiger partial charge in [0, 0.05) is 17.6 Å². The quantitative estimate of drug-likeness (QED) is 0.259. The Morgan fingerprint density at radius 2 is 1.60 bits per heavy atom. The van der Waals surface area contributed by atoms with Crippen molar-refractivity contribution in [2.45, 2.75) is 51.1 Å². The molecular weight excluding hydrogens is 594 g/mol. The van der Waals surface area contributed by atoms with Crippen LogP contribution in [0.25, 0.3) is 0 Å². The number of amides is 2. The third-order valence-corrected chi connectivity index (χ3v) is 8.83. The molecule has 8 nitrogen and oxygen atoms in total. The minimum absolute atomic E-state index is 0.0616. The van der Waals surface area contributed by atoms with Crippen LogP contribution >= 0.6 is 15.9 Å². The smallest absolute Gasteiger partial charge is 0.264 e. The Morgan fingerprint density at radius 1 is 0.975 bits per heavy atom. The van der Waals surface area contributed by atoms with Gasteiger partial charge < -0.3 is 15.0 Å². The SMILES string of the molecule is CCCCNC(=O)[C@@H](C)N(Cc1ccc(Br)cc1)C(=O)CN(c1ccc(OC)cc1)S(=O)(=O)c1ccc(C)cc1. The molecule has 0 radical (unpaired) electrons. The molecular formula is C30H36BrN3O5S. The first-order valence-corrected chi connectivity index (χ1v) is 15.3. The first-order chi connectivity index (χ1) is 19.1. The van der Waals surface area contributed by atoms with Crippen LogP contribution in [0.5, 0.6) is 5.75 Å². The molecule has 10 heteroatoms. The second-order valence-electron chi connectivity index (χ2n) is 9.49. The third-order valence-electron chi connectivity index (χ3n) is 6.51. The maximum absolute atomic E-state index is 13.9. The largest absolute Gasteiger partial charge is 0.497 e. The van der Waals surface area contributed by atoms with E-state index in [2.05, 4.69) is 21.2 Å². The molecule has 0 aliphatic carbocycles. The second-order valence-corrected chi connectivity index (χ2v) is 12.3. The van der Waals surface area contributed by atoms with E-state index in [4.69, 9.17) is 4.74 Å². The first-order valence-electron chi connectivity index (χ1n) is 13.1. The highest BCUT2D eigenvalue weighted by Crippen LogP contribution is 2.27. The van der Waals surface area contributed by atoms with Crippen LogP contribution in [0.2, 0.25) is 0 Å². The zero-order valence-corrected chi connectivity index (χ0v) is 25.7. The number of nitrogens with one attached hydrogen (secondary N) is 1. The van der Waals surface area contributed by atoms with E-state index in [1.54, 1.807) is 43.3 Å². The van der Waals surface area contributed by atoms with Crippen LogP contribution in [0.3, 0.4) is 0 Å². The predicted octanol–water partition coefficient (Wildman–Crippen LogP) is 5.30. The molecule has 0 aliphatic heterocycles. The van der Waals surface area contributed by atoms with Gasteiger partial charge in [0.1, 0.15) is 18.3 Å². The lowest BCUT2D eigenvalue weighted by Crippen LogP contribution is -2.51. The van der Waals surface area contributed by atoms with Gasteiger partial charge in [-0.2, -0.15) is 0 Å². The maximum Gasteiger partial charge on any atom is 0.264 e. The summed E-state index contributed by atoms with van der Waals surface area (Å²) in [5.41, 5.74) is 2.02.